The van der Waals surface area contributed by atoms with Crippen LogP contribution in [0.4, 0.5) is 20.3 Å². The van der Waals surface area contributed by atoms with Crippen LogP contribution in [-0.4, -0.2) is 32.9 Å². The molecule has 0 aliphatic heterocycles. The quantitative estimate of drug-likeness (QED) is 0.563. The molecule has 2 atom stereocenters. The van der Waals surface area contributed by atoms with E-state index in [4.69, 9.17) is 0 Å². The summed E-state index contributed by atoms with van der Waals surface area (Å²) >= 11 is 0. The lowest BCUT2D eigenvalue weighted by atomic mass is 10.1. The third kappa shape index (κ3) is 3.78. The zero-order chi connectivity index (χ0) is 21.5. The molecule has 1 heterocycles. The number of carbonyl (C=O) groups excluding carboxylic acids is 1. The Bertz CT molecular complexity index is 1150. The summed E-state index contributed by atoms with van der Waals surface area (Å²) in [6, 6.07) is 11.4. The highest BCUT2D eigenvalue weighted by atomic mass is 19.3. The molecule has 1 aromatic heterocycles. The van der Waals surface area contributed by atoms with Crippen LogP contribution in [0.3, 0.4) is 0 Å². The highest BCUT2D eigenvalue weighted by Crippen LogP contribution is 2.49. The first-order valence-electron chi connectivity index (χ1n) is 9.28. The summed E-state index contributed by atoms with van der Waals surface area (Å²) in [5, 5.41) is 15.7. The van der Waals surface area contributed by atoms with E-state index in [1.54, 1.807) is 30.3 Å². The Labute approximate surface area is 170 Å². The molecule has 4 rings (SSSR count). The molecule has 154 valence electrons. The fourth-order valence-corrected chi connectivity index (χ4v) is 3.28. The number of para-hydroxylation sites is 1. The summed E-state index contributed by atoms with van der Waals surface area (Å²) in [6.45, 7) is 1.87. The lowest BCUT2D eigenvalue weighted by Crippen LogP contribution is -2.18. The molecule has 1 amide bonds. The van der Waals surface area contributed by atoms with Crippen LogP contribution in [0.1, 0.15) is 35.3 Å². The van der Waals surface area contributed by atoms with Gasteiger partial charge in [0.25, 0.3) is 5.92 Å². The highest BCUT2D eigenvalue weighted by molar-refractivity contribution is 6.04. The Morgan fingerprint density at radius 2 is 1.93 bits per heavy atom. The van der Waals surface area contributed by atoms with Gasteiger partial charge in [0.05, 0.1) is 17.1 Å². The first-order valence-corrected chi connectivity index (χ1v) is 9.28. The van der Waals surface area contributed by atoms with Crippen molar-refractivity contribution in [3.63, 3.8) is 0 Å². The molecule has 1 unspecified atom stereocenters. The normalized spacial score (nSPS) is 17.9. The van der Waals surface area contributed by atoms with Crippen molar-refractivity contribution in [1.29, 1.82) is 0 Å². The molecule has 3 N–H and O–H groups in total. The number of anilines is 2. The van der Waals surface area contributed by atoms with E-state index >= 15 is 0 Å². The van der Waals surface area contributed by atoms with E-state index in [-0.39, 0.29) is 11.6 Å². The van der Waals surface area contributed by atoms with E-state index in [9.17, 15) is 23.5 Å². The number of alkyl halides is 2. The smallest absolute Gasteiger partial charge is 0.337 e. The van der Waals surface area contributed by atoms with Crippen molar-refractivity contribution >= 4 is 34.3 Å². The number of rotatable bonds is 6. The lowest BCUT2D eigenvalue weighted by molar-refractivity contribution is -0.119. The summed E-state index contributed by atoms with van der Waals surface area (Å²) in [5.41, 5.74) is 1.61. The Kier molecular flexibility index (Phi) is 4.81. The van der Waals surface area contributed by atoms with Crippen LogP contribution in [-0.2, 0) is 4.79 Å². The summed E-state index contributed by atoms with van der Waals surface area (Å²) in [5.74, 6) is -5.50. The second-order valence-electron chi connectivity index (χ2n) is 7.23. The number of nitrogens with zero attached hydrogens (tertiary/aromatic N) is 2. The number of carboxylic acids is 1. The summed E-state index contributed by atoms with van der Waals surface area (Å²) in [7, 11) is 0. The maximum atomic E-state index is 13.1. The van der Waals surface area contributed by atoms with Gasteiger partial charge in [0, 0.05) is 17.5 Å². The van der Waals surface area contributed by atoms with Gasteiger partial charge in [-0.3, -0.25) is 4.79 Å². The number of nitrogens with one attached hydrogen (secondary N) is 2. The molecular weight excluding hydrogens is 394 g/mol. The fraction of sp³-hybridized carbons (Fsp3) is 0.238. The molecule has 7 nitrogen and oxygen atoms in total. The number of hydrogen-bond acceptors (Lipinski definition) is 5. The third-order valence-corrected chi connectivity index (χ3v) is 5.05. The van der Waals surface area contributed by atoms with Crippen molar-refractivity contribution in [2.45, 2.75) is 25.3 Å². The molecule has 1 aliphatic carbocycles. The SMILES string of the molecule is C[C@@H](Nc1ncnc2c(C(=O)O)cccc12)c1cccc(NC(=O)C2CC2(F)F)c1. The third-order valence-electron chi connectivity index (χ3n) is 5.05. The predicted octanol–water partition coefficient (Wildman–Crippen LogP) is 4.09. The largest absolute Gasteiger partial charge is 0.478 e. The Morgan fingerprint density at radius 3 is 2.63 bits per heavy atom. The van der Waals surface area contributed by atoms with Crippen LogP contribution < -0.4 is 10.6 Å². The van der Waals surface area contributed by atoms with Crippen LogP contribution in [0.15, 0.2) is 48.8 Å². The van der Waals surface area contributed by atoms with Crippen molar-refractivity contribution in [2.75, 3.05) is 10.6 Å². The van der Waals surface area contributed by atoms with Gasteiger partial charge in [0.1, 0.15) is 18.1 Å². The standard InChI is InChI=1S/C21H18F2N4O3/c1-11(12-4-2-5-13(8-12)27-19(28)16-9-21(16,22)23)26-18-14-6-3-7-15(20(29)30)17(14)24-10-25-18/h2-8,10-11,16H,9H2,1H3,(H,27,28)(H,29,30)(H,24,25,26)/t11-,16?/m1/s1. The Balaban J connectivity index is 1.55. The van der Waals surface area contributed by atoms with Crippen LogP contribution >= 0.6 is 0 Å². The van der Waals surface area contributed by atoms with Gasteiger partial charge in [-0.25, -0.2) is 23.5 Å². The fourth-order valence-electron chi connectivity index (χ4n) is 3.28. The van der Waals surface area contributed by atoms with Gasteiger partial charge in [0.2, 0.25) is 5.91 Å². The molecule has 9 heteroatoms. The van der Waals surface area contributed by atoms with Crippen molar-refractivity contribution in [3.05, 3.63) is 59.9 Å². The van der Waals surface area contributed by atoms with Gasteiger partial charge in [-0.1, -0.05) is 18.2 Å². The molecule has 1 fully saturated rings. The second kappa shape index (κ2) is 7.33. The minimum absolute atomic E-state index is 0.0761. The molecule has 1 aliphatic rings. The summed E-state index contributed by atoms with van der Waals surface area (Å²) < 4.78 is 26.2. The number of benzene rings is 2. The number of fused-ring (bicyclic) bond motifs is 1. The van der Waals surface area contributed by atoms with Crippen molar-refractivity contribution < 1.29 is 23.5 Å². The average Bonchev–Trinajstić information content (AvgIpc) is 3.36. The molecular formula is C21H18F2N4O3. The van der Waals surface area contributed by atoms with E-state index in [1.807, 2.05) is 13.0 Å². The van der Waals surface area contributed by atoms with Gasteiger partial charge >= 0.3 is 5.97 Å². The molecule has 2 aromatic carbocycles. The predicted molar refractivity (Wildman–Crippen MR) is 107 cm³/mol. The number of halogens is 2. The highest BCUT2D eigenvalue weighted by Gasteiger charge is 2.61. The van der Waals surface area contributed by atoms with Gasteiger partial charge in [0.15, 0.2) is 0 Å². The average molecular weight is 412 g/mol. The zero-order valence-electron chi connectivity index (χ0n) is 15.9. The lowest BCUT2D eigenvalue weighted by Gasteiger charge is -2.17. The first kappa shape index (κ1) is 19.7. The van der Waals surface area contributed by atoms with Gasteiger partial charge in [-0.2, -0.15) is 0 Å². The Morgan fingerprint density at radius 1 is 1.20 bits per heavy atom. The zero-order valence-corrected chi connectivity index (χ0v) is 15.9. The monoisotopic (exact) mass is 412 g/mol. The molecule has 0 bridgehead atoms. The van der Waals surface area contributed by atoms with E-state index in [1.165, 1.54) is 12.4 Å². The van der Waals surface area contributed by atoms with Crippen molar-refractivity contribution in [1.82, 2.24) is 9.97 Å². The van der Waals surface area contributed by atoms with Gasteiger partial charge in [-0.05, 0) is 36.8 Å². The minimum atomic E-state index is -2.92. The second-order valence-corrected chi connectivity index (χ2v) is 7.23. The summed E-state index contributed by atoms with van der Waals surface area (Å²) in [4.78, 5) is 31.7. The molecule has 0 saturated heterocycles. The topological polar surface area (TPSA) is 104 Å². The number of carbonyl (C=O) groups is 2. The van der Waals surface area contributed by atoms with E-state index in [2.05, 4.69) is 20.6 Å². The van der Waals surface area contributed by atoms with Crippen LogP contribution in [0, 0.1) is 5.92 Å². The van der Waals surface area contributed by atoms with Crippen molar-refractivity contribution in [2.24, 2.45) is 5.92 Å². The van der Waals surface area contributed by atoms with Gasteiger partial charge < -0.3 is 15.7 Å². The molecule has 0 spiro atoms. The number of carboxylic acid groups (broad SMARTS) is 1. The number of aromatic nitrogens is 2. The first-order chi connectivity index (χ1) is 14.3. The minimum Gasteiger partial charge on any atom is -0.478 e. The maximum absolute atomic E-state index is 13.1. The summed E-state index contributed by atoms with van der Waals surface area (Å²) in [6.07, 6.45) is 0.867. The molecule has 0 radical (unpaired) electrons. The number of hydrogen-bond donors (Lipinski definition) is 3. The Hall–Kier alpha value is -3.62. The van der Waals surface area contributed by atoms with E-state index < -0.39 is 30.1 Å². The van der Waals surface area contributed by atoms with Crippen LogP contribution in [0.2, 0.25) is 0 Å². The molecule has 1 saturated carbocycles. The van der Waals surface area contributed by atoms with Crippen LogP contribution in [0.5, 0.6) is 0 Å². The van der Waals surface area contributed by atoms with Crippen molar-refractivity contribution in [3.8, 4) is 0 Å². The number of aromatic carboxylic acids is 1. The molecule has 3 aromatic rings. The molecule has 30 heavy (non-hydrogen) atoms. The maximum Gasteiger partial charge on any atom is 0.337 e. The van der Waals surface area contributed by atoms with Gasteiger partial charge in [-0.15, -0.1) is 0 Å². The number of amides is 1. The van der Waals surface area contributed by atoms with Crippen LogP contribution in [0.25, 0.3) is 10.9 Å². The van der Waals surface area contributed by atoms with E-state index in [0.717, 1.165) is 5.56 Å². The van der Waals surface area contributed by atoms with E-state index in [0.29, 0.717) is 22.4 Å².